The van der Waals surface area contributed by atoms with E-state index >= 15 is 0 Å². The second-order valence-electron chi connectivity index (χ2n) is 6.64. The van der Waals surface area contributed by atoms with Crippen molar-refractivity contribution in [3.8, 4) is 11.5 Å². The normalized spacial score (nSPS) is 16.9. The molecule has 0 unspecified atom stereocenters. The number of carbonyl (C=O) groups is 1. The van der Waals surface area contributed by atoms with E-state index in [0.29, 0.717) is 24.7 Å². The third-order valence-corrected chi connectivity index (χ3v) is 4.61. The molecule has 1 saturated heterocycles. The van der Waals surface area contributed by atoms with Gasteiger partial charge in [-0.05, 0) is 30.3 Å². The molecule has 0 bridgehead atoms. The van der Waals surface area contributed by atoms with E-state index < -0.39 is 0 Å². The van der Waals surface area contributed by atoms with E-state index in [2.05, 4.69) is 10.1 Å². The third kappa shape index (κ3) is 3.06. The smallest absolute Gasteiger partial charge is 0.258 e. The maximum atomic E-state index is 12.4. The number of hydrogen-bond acceptors (Lipinski definition) is 5. The Morgan fingerprint density at radius 2 is 1.92 bits per heavy atom. The molecule has 6 heteroatoms. The van der Waals surface area contributed by atoms with Crippen LogP contribution in [0.1, 0.15) is 18.2 Å². The minimum absolute atomic E-state index is 0.0581. The SMILES string of the molecule is CN(C)c1cccc(-c2nc([C@@H]3CC(=O)N(c4ccccc4)C3)no2)c1. The molecule has 0 aliphatic carbocycles. The van der Waals surface area contributed by atoms with Crippen molar-refractivity contribution in [1.29, 1.82) is 0 Å². The Kier molecular flexibility index (Phi) is 4.16. The quantitative estimate of drug-likeness (QED) is 0.724. The van der Waals surface area contributed by atoms with Crippen LogP contribution < -0.4 is 9.80 Å². The van der Waals surface area contributed by atoms with Crippen LogP contribution in [0.15, 0.2) is 59.1 Å². The number of aromatic nitrogens is 2. The molecule has 132 valence electrons. The van der Waals surface area contributed by atoms with Gasteiger partial charge in [0.05, 0.1) is 0 Å². The van der Waals surface area contributed by atoms with Gasteiger partial charge < -0.3 is 14.3 Å². The molecule has 1 fully saturated rings. The van der Waals surface area contributed by atoms with Gasteiger partial charge in [0.1, 0.15) is 0 Å². The fraction of sp³-hybridized carbons (Fsp3) is 0.250. The van der Waals surface area contributed by atoms with Gasteiger partial charge in [0.15, 0.2) is 5.82 Å². The van der Waals surface area contributed by atoms with Gasteiger partial charge in [-0.15, -0.1) is 0 Å². The monoisotopic (exact) mass is 348 g/mol. The maximum absolute atomic E-state index is 12.4. The van der Waals surface area contributed by atoms with Crippen molar-refractivity contribution in [3.05, 3.63) is 60.4 Å². The van der Waals surface area contributed by atoms with Crippen LogP contribution >= 0.6 is 0 Å². The van der Waals surface area contributed by atoms with Gasteiger partial charge in [-0.25, -0.2) is 0 Å². The number of benzene rings is 2. The first kappa shape index (κ1) is 16.3. The summed E-state index contributed by atoms with van der Waals surface area (Å²) in [5.74, 6) is 1.09. The molecule has 4 rings (SSSR count). The Hall–Kier alpha value is -3.15. The molecule has 1 aliphatic heterocycles. The van der Waals surface area contributed by atoms with E-state index in [1.807, 2.05) is 73.6 Å². The van der Waals surface area contributed by atoms with E-state index in [4.69, 9.17) is 4.52 Å². The molecule has 0 N–H and O–H groups in total. The number of rotatable bonds is 4. The summed E-state index contributed by atoms with van der Waals surface area (Å²) in [6.45, 7) is 0.569. The van der Waals surface area contributed by atoms with Crippen LogP contribution in [0.3, 0.4) is 0 Å². The molecule has 1 aliphatic rings. The molecule has 1 amide bonds. The van der Waals surface area contributed by atoms with Crippen molar-refractivity contribution in [1.82, 2.24) is 10.1 Å². The zero-order valence-electron chi connectivity index (χ0n) is 14.8. The Bertz CT molecular complexity index is 920. The van der Waals surface area contributed by atoms with E-state index in [-0.39, 0.29) is 11.8 Å². The van der Waals surface area contributed by atoms with Crippen molar-refractivity contribution < 1.29 is 9.32 Å². The number of amides is 1. The second-order valence-corrected chi connectivity index (χ2v) is 6.64. The first-order valence-corrected chi connectivity index (χ1v) is 8.58. The molecular formula is C20H20N4O2. The van der Waals surface area contributed by atoms with Crippen LogP contribution in [0.2, 0.25) is 0 Å². The Labute approximate surface area is 152 Å². The molecule has 3 aromatic rings. The Morgan fingerprint density at radius 1 is 1.12 bits per heavy atom. The molecule has 0 saturated carbocycles. The van der Waals surface area contributed by atoms with Crippen LogP contribution in [0.4, 0.5) is 11.4 Å². The first-order valence-electron chi connectivity index (χ1n) is 8.58. The molecule has 6 nitrogen and oxygen atoms in total. The topological polar surface area (TPSA) is 62.5 Å². The fourth-order valence-corrected chi connectivity index (χ4v) is 3.17. The van der Waals surface area contributed by atoms with Crippen molar-refractivity contribution in [2.75, 3.05) is 30.4 Å². The van der Waals surface area contributed by atoms with Crippen LogP contribution in [0, 0.1) is 0 Å². The molecule has 0 radical (unpaired) electrons. The van der Waals surface area contributed by atoms with Gasteiger partial charge in [0, 0.05) is 49.9 Å². The summed E-state index contributed by atoms with van der Waals surface area (Å²) in [6, 6.07) is 17.6. The number of para-hydroxylation sites is 1. The Balaban J connectivity index is 1.55. The number of nitrogens with zero attached hydrogens (tertiary/aromatic N) is 4. The average Bonchev–Trinajstić information content (AvgIpc) is 3.29. The van der Waals surface area contributed by atoms with Gasteiger partial charge in [-0.3, -0.25) is 4.79 Å². The number of anilines is 2. The standard InChI is InChI=1S/C20H20N4O2/c1-23(2)17-10-6-7-14(11-17)20-21-19(22-26-20)15-12-18(25)24(13-15)16-8-4-3-5-9-16/h3-11,15H,12-13H2,1-2H3/t15-/m1/s1. The summed E-state index contributed by atoms with van der Waals surface area (Å²) in [4.78, 5) is 20.7. The van der Waals surface area contributed by atoms with E-state index in [9.17, 15) is 4.79 Å². The highest BCUT2D eigenvalue weighted by molar-refractivity contribution is 5.96. The first-order chi connectivity index (χ1) is 12.6. The van der Waals surface area contributed by atoms with Crippen molar-refractivity contribution in [3.63, 3.8) is 0 Å². The summed E-state index contributed by atoms with van der Waals surface area (Å²) in [7, 11) is 3.97. The lowest BCUT2D eigenvalue weighted by atomic mass is 10.1. The van der Waals surface area contributed by atoms with Crippen molar-refractivity contribution in [2.24, 2.45) is 0 Å². The minimum atomic E-state index is -0.0581. The second kappa shape index (κ2) is 6.63. The maximum Gasteiger partial charge on any atom is 0.258 e. The van der Waals surface area contributed by atoms with Gasteiger partial charge in [-0.1, -0.05) is 29.4 Å². The van der Waals surface area contributed by atoms with Crippen LogP contribution in [0.25, 0.3) is 11.5 Å². The number of hydrogen-bond donors (Lipinski definition) is 0. The van der Waals surface area contributed by atoms with Gasteiger partial charge in [-0.2, -0.15) is 4.98 Å². The summed E-state index contributed by atoms with van der Waals surface area (Å²) >= 11 is 0. The van der Waals surface area contributed by atoms with Gasteiger partial charge >= 0.3 is 0 Å². The van der Waals surface area contributed by atoms with E-state index in [0.717, 1.165) is 16.9 Å². The predicted octanol–water partition coefficient (Wildman–Crippen LogP) is 3.32. The predicted molar refractivity (Wildman–Crippen MR) is 100 cm³/mol. The van der Waals surface area contributed by atoms with E-state index in [1.54, 1.807) is 4.90 Å². The highest BCUT2D eigenvalue weighted by Gasteiger charge is 2.34. The highest BCUT2D eigenvalue weighted by atomic mass is 16.5. The fourth-order valence-electron chi connectivity index (χ4n) is 3.17. The summed E-state index contributed by atoms with van der Waals surface area (Å²) in [5.41, 5.74) is 2.84. The highest BCUT2D eigenvalue weighted by Crippen LogP contribution is 2.31. The van der Waals surface area contributed by atoms with Crippen molar-refractivity contribution in [2.45, 2.75) is 12.3 Å². The van der Waals surface area contributed by atoms with E-state index in [1.165, 1.54) is 0 Å². The molecule has 1 aromatic heterocycles. The number of carbonyl (C=O) groups excluding carboxylic acids is 1. The molecule has 2 aromatic carbocycles. The van der Waals surface area contributed by atoms with Crippen molar-refractivity contribution >= 4 is 17.3 Å². The molecule has 1 atom stereocenters. The summed E-state index contributed by atoms with van der Waals surface area (Å²) < 4.78 is 5.46. The average molecular weight is 348 g/mol. The Morgan fingerprint density at radius 3 is 2.69 bits per heavy atom. The summed E-state index contributed by atoms with van der Waals surface area (Å²) in [5, 5.41) is 4.13. The molecular weight excluding hydrogens is 328 g/mol. The molecule has 26 heavy (non-hydrogen) atoms. The van der Waals surface area contributed by atoms with Gasteiger partial charge in [0.25, 0.3) is 5.89 Å². The zero-order chi connectivity index (χ0) is 18.1. The molecule has 0 spiro atoms. The lowest BCUT2D eigenvalue weighted by Gasteiger charge is -2.15. The minimum Gasteiger partial charge on any atom is -0.378 e. The van der Waals surface area contributed by atoms with Crippen LogP contribution in [0.5, 0.6) is 0 Å². The summed E-state index contributed by atoms with van der Waals surface area (Å²) in [6.07, 6.45) is 0.394. The van der Waals surface area contributed by atoms with Crippen LogP contribution in [-0.2, 0) is 4.79 Å². The van der Waals surface area contributed by atoms with Crippen LogP contribution in [-0.4, -0.2) is 36.7 Å². The zero-order valence-corrected chi connectivity index (χ0v) is 14.8. The lowest BCUT2D eigenvalue weighted by molar-refractivity contribution is -0.117. The van der Waals surface area contributed by atoms with Gasteiger partial charge in [0.2, 0.25) is 5.91 Å². The molecule has 2 heterocycles. The largest absolute Gasteiger partial charge is 0.378 e. The lowest BCUT2D eigenvalue weighted by Crippen LogP contribution is -2.24. The third-order valence-electron chi connectivity index (χ3n) is 4.61.